The van der Waals surface area contributed by atoms with Crippen molar-refractivity contribution in [2.45, 2.75) is 45.2 Å². The normalized spacial score (nSPS) is 22.2. The van der Waals surface area contributed by atoms with Gasteiger partial charge < -0.3 is 10.1 Å². The molecule has 0 radical (unpaired) electrons. The van der Waals surface area contributed by atoms with Gasteiger partial charge in [-0.25, -0.2) is 0 Å². The maximum Gasteiger partial charge on any atom is 0.323 e. The number of carbonyl (C=O) groups excluding carboxylic acids is 2. The van der Waals surface area contributed by atoms with Gasteiger partial charge in [0.25, 0.3) is 0 Å². The number of likely N-dealkylation sites (tertiary alicyclic amines) is 1. The van der Waals surface area contributed by atoms with Crippen LogP contribution in [0.25, 0.3) is 0 Å². The molecule has 2 atom stereocenters. The number of esters is 1. The summed E-state index contributed by atoms with van der Waals surface area (Å²) in [6.07, 6.45) is 2.63. The highest BCUT2D eigenvalue weighted by Gasteiger charge is 2.36. The Morgan fingerprint density at radius 3 is 2.82 bits per heavy atom. The first-order valence-corrected chi connectivity index (χ1v) is 6.23. The van der Waals surface area contributed by atoms with E-state index in [1.807, 2.05) is 18.7 Å². The van der Waals surface area contributed by atoms with Gasteiger partial charge in [0, 0.05) is 6.54 Å². The zero-order chi connectivity index (χ0) is 12.8. The Morgan fingerprint density at radius 1 is 1.53 bits per heavy atom. The third-order valence-electron chi connectivity index (χ3n) is 3.19. The molecule has 0 aromatic rings. The molecule has 0 saturated carbocycles. The Morgan fingerprint density at radius 2 is 2.24 bits per heavy atom. The Labute approximate surface area is 102 Å². The molecule has 5 heteroatoms. The summed E-state index contributed by atoms with van der Waals surface area (Å²) in [6, 6.07) is -0.532. The highest BCUT2D eigenvalue weighted by atomic mass is 16.5. The second kappa shape index (κ2) is 6.59. The molecule has 2 unspecified atom stereocenters. The molecule has 0 aliphatic carbocycles. The second-order valence-corrected chi connectivity index (χ2v) is 4.39. The highest BCUT2D eigenvalue weighted by Crippen LogP contribution is 2.21. The van der Waals surface area contributed by atoms with E-state index in [-0.39, 0.29) is 24.0 Å². The summed E-state index contributed by atoms with van der Waals surface area (Å²) in [5.41, 5.74) is 0. The highest BCUT2D eigenvalue weighted by molar-refractivity contribution is 5.83. The van der Waals surface area contributed by atoms with Crippen molar-refractivity contribution in [2.75, 3.05) is 20.2 Å². The van der Waals surface area contributed by atoms with Crippen molar-refractivity contribution in [2.24, 2.45) is 0 Å². The van der Waals surface area contributed by atoms with Crippen molar-refractivity contribution >= 4 is 11.9 Å². The van der Waals surface area contributed by atoms with Crippen LogP contribution >= 0.6 is 0 Å². The standard InChI is InChI=1S/C12H22N2O3/c1-4-7-13-11(15)9(2)14-8-5-6-10(14)12(16)17-3/h9-10H,4-8H2,1-3H3,(H,13,15). The largest absolute Gasteiger partial charge is 0.468 e. The number of methoxy groups -OCH3 is 1. The van der Waals surface area contributed by atoms with Crippen LogP contribution in [0.15, 0.2) is 0 Å². The number of nitrogens with one attached hydrogen (secondary N) is 1. The predicted octanol–water partition coefficient (Wildman–Crippen LogP) is 0.539. The van der Waals surface area contributed by atoms with Crippen molar-refractivity contribution in [3.05, 3.63) is 0 Å². The third kappa shape index (κ3) is 3.43. The van der Waals surface area contributed by atoms with Crippen LogP contribution in [0.1, 0.15) is 33.1 Å². The second-order valence-electron chi connectivity index (χ2n) is 4.39. The summed E-state index contributed by atoms with van der Waals surface area (Å²) in [6.45, 7) is 5.31. The Hall–Kier alpha value is -1.10. The summed E-state index contributed by atoms with van der Waals surface area (Å²) < 4.78 is 4.76. The number of nitrogens with zero attached hydrogens (tertiary/aromatic N) is 1. The first-order valence-electron chi connectivity index (χ1n) is 6.23. The van der Waals surface area contributed by atoms with Crippen LogP contribution in [0.4, 0.5) is 0 Å². The van der Waals surface area contributed by atoms with Crippen LogP contribution in [0.3, 0.4) is 0 Å². The average molecular weight is 242 g/mol. The van der Waals surface area contributed by atoms with Crippen molar-refractivity contribution < 1.29 is 14.3 Å². The maximum atomic E-state index is 11.8. The Kier molecular flexibility index (Phi) is 5.41. The first-order chi connectivity index (χ1) is 8.11. The maximum absolute atomic E-state index is 11.8. The van der Waals surface area contributed by atoms with Crippen molar-refractivity contribution in [1.29, 1.82) is 0 Å². The van der Waals surface area contributed by atoms with E-state index in [4.69, 9.17) is 4.74 Å². The van der Waals surface area contributed by atoms with E-state index >= 15 is 0 Å². The number of hydrogen-bond donors (Lipinski definition) is 1. The number of rotatable bonds is 5. The van der Waals surface area contributed by atoms with E-state index in [0.717, 1.165) is 25.8 Å². The molecule has 1 rings (SSSR count). The molecular weight excluding hydrogens is 220 g/mol. The molecule has 1 amide bonds. The molecule has 1 aliphatic rings. The Bertz CT molecular complexity index is 281. The molecule has 0 spiro atoms. The summed E-state index contributed by atoms with van der Waals surface area (Å²) in [7, 11) is 1.39. The lowest BCUT2D eigenvalue weighted by Crippen LogP contribution is -2.49. The Balaban J connectivity index is 2.57. The molecular formula is C12H22N2O3. The lowest BCUT2D eigenvalue weighted by molar-refractivity contribution is -0.147. The van der Waals surface area contributed by atoms with Crippen LogP contribution in [0.5, 0.6) is 0 Å². The molecule has 5 nitrogen and oxygen atoms in total. The minimum absolute atomic E-state index is 0.0114. The van der Waals surface area contributed by atoms with Crippen LogP contribution in [-0.4, -0.2) is 49.1 Å². The van der Waals surface area contributed by atoms with Crippen molar-refractivity contribution in [3.63, 3.8) is 0 Å². The molecule has 0 aromatic carbocycles. The van der Waals surface area contributed by atoms with Gasteiger partial charge in [-0.15, -0.1) is 0 Å². The van der Waals surface area contributed by atoms with E-state index in [9.17, 15) is 9.59 Å². The number of ether oxygens (including phenoxy) is 1. The van der Waals surface area contributed by atoms with E-state index in [2.05, 4.69) is 5.32 Å². The van der Waals surface area contributed by atoms with Crippen LogP contribution in [0.2, 0.25) is 0 Å². The van der Waals surface area contributed by atoms with Gasteiger partial charge in [0.05, 0.1) is 13.2 Å². The summed E-state index contributed by atoms with van der Waals surface area (Å²) in [5.74, 6) is -0.250. The summed E-state index contributed by atoms with van der Waals surface area (Å²) >= 11 is 0. The number of hydrogen-bond acceptors (Lipinski definition) is 4. The molecule has 1 saturated heterocycles. The van der Waals surface area contributed by atoms with Crippen LogP contribution < -0.4 is 5.32 Å². The number of carbonyl (C=O) groups is 2. The van der Waals surface area contributed by atoms with Gasteiger partial charge in [0.1, 0.15) is 6.04 Å². The van der Waals surface area contributed by atoms with E-state index in [1.165, 1.54) is 7.11 Å². The lowest BCUT2D eigenvalue weighted by atomic mass is 10.2. The fraction of sp³-hybridized carbons (Fsp3) is 0.833. The fourth-order valence-corrected chi connectivity index (χ4v) is 2.19. The van der Waals surface area contributed by atoms with E-state index < -0.39 is 0 Å². The molecule has 0 bridgehead atoms. The minimum atomic E-state index is -0.270. The first kappa shape index (κ1) is 14.0. The van der Waals surface area contributed by atoms with E-state index in [0.29, 0.717) is 6.54 Å². The van der Waals surface area contributed by atoms with Gasteiger partial charge in [-0.3, -0.25) is 14.5 Å². The van der Waals surface area contributed by atoms with Gasteiger partial charge in [-0.05, 0) is 32.7 Å². The van der Waals surface area contributed by atoms with Gasteiger partial charge in [-0.1, -0.05) is 6.92 Å². The fourth-order valence-electron chi connectivity index (χ4n) is 2.19. The SMILES string of the molecule is CCCNC(=O)C(C)N1CCCC1C(=O)OC. The van der Waals surface area contributed by atoms with Crippen molar-refractivity contribution in [1.82, 2.24) is 10.2 Å². The monoisotopic (exact) mass is 242 g/mol. The van der Waals surface area contributed by atoms with Gasteiger partial charge in [0.2, 0.25) is 5.91 Å². The van der Waals surface area contributed by atoms with Crippen LogP contribution in [-0.2, 0) is 14.3 Å². The molecule has 1 fully saturated rings. The average Bonchev–Trinajstić information content (AvgIpc) is 2.82. The quantitative estimate of drug-likeness (QED) is 0.715. The predicted molar refractivity (Wildman–Crippen MR) is 64.5 cm³/mol. The molecule has 17 heavy (non-hydrogen) atoms. The molecule has 1 aliphatic heterocycles. The van der Waals surface area contributed by atoms with Gasteiger partial charge in [-0.2, -0.15) is 0 Å². The smallest absolute Gasteiger partial charge is 0.323 e. The summed E-state index contributed by atoms with van der Waals surface area (Å²) in [4.78, 5) is 25.3. The lowest BCUT2D eigenvalue weighted by Gasteiger charge is -2.27. The minimum Gasteiger partial charge on any atom is -0.468 e. The van der Waals surface area contributed by atoms with Crippen LogP contribution in [0, 0.1) is 0 Å². The zero-order valence-electron chi connectivity index (χ0n) is 10.9. The number of amides is 1. The van der Waals surface area contributed by atoms with Crippen molar-refractivity contribution in [3.8, 4) is 0 Å². The topological polar surface area (TPSA) is 58.6 Å². The molecule has 98 valence electrons. The molecule has 0 aromatic heterocycles. The molecule has 1 N–H and O–H groups in total. The summed E-state index contributed by atoms with van der Waals surface area (Å²) in [5, 5.41) is 2.85. The van der Waals surface area contributed by atoms with Gasteiger partial charge >= 0.3 is 5.97 Å². The zero-order valence-corrected chi connectivity index (χ0v) is 10.9. The molecule has 1 heterocycles. The van der Waals surface area contributed by atoms with Gasteiger partial charge in [0.15, 0.2) is 0 Å². The third-order valence-corrected chi connectivity index (χ3v) is 3.19. The van der Waals surface area contributed by atoms with E-state index in [1.54, 1.807) is 0 Å².